The SMILES string of the molecule is CCOC(=O)c1cc([C@H](C)CC)n(-c2ccc(C(=O)N[C@H](C)CCc3ccccc3)cc2)n1. The number of aryl methyl sites for hydroxylation is 1. The predicted molar refractivity (Wildman–Crippen MR) is 130 cm³/mol. The third-order valence-corrected chi connectivity index (χ3v) is 5.80. The molecule has 0 unspecified atom stereocenters. The number of ether oxygens (including phenoxy) is 1. The van der Waals surface area contributed by atoms with E-state index in [1.807, 2.05) is 37.3 Å². The van der Waals surface area contributed by atoms with Crippen LogP contribution in [0.1, 0.15) is 78.6 Å². The Morgan fingerprint density at radius 1 is 1.03 bits per heavy atom. The van der Waals surface area contributed by atoms with Crippen molar-refractivity contribution in [2.24, 2.45) is 0 Å². The van der Waals surface area contributed by atoms with Crippen LogP contribution in [0.3, 0.4) is 0 Å². The molecule has 3 aromatic rings. The number of nitrogens with zero attached hydrogens (tertiary/aromatic N) is 2. The Kier molecular flexibility index (Phi) is 8.41. The van der Waals surface area contributed by atoms with Crippen molar-refractivity contribution < 1.29 is 14.3 Å². The second kappa shape index (κ2) is 11.5. The van der Waals surface area contributed by atoms with Gasteiger partial charge in [-0.05, 0) is 74.9 Å². The normalized spacial score (nSPS) is 12.7. The lowest BCUT2D eigenvalue weighted by atomic mass is 10.0. The first-order valence-electron chi connectivity index (χ1n) is 11.6. The molecule has 2 aromatic carbocycles. The Morgan fingerprint density at radius 2 is 1.73 bits per heavy atom. The molecule has 0 bridgehead atoms. The number of carbonyl (C=O) groups excluding carboxylic acids is 2. The summed E-state index contributed by atoms with van der Waals surface area (Å²) in [6.45, 7) is 8.29. The summed E-state index contributed by atoms with van der Waals surface area (Å²) < 4.78 is 6.88. The molecule has 1 aromatic heterocycles. The highest BCUT2D eigenvalue weighted by atomic mass is 16.5. The van der Waals surface area contributed by atoms with Crippen molar-refractivity contribution in [1.29, 1.82) is 0 Å². The molecule has 6 heteroatoms. The van der Waals surface area contributed by atoms with Crippen LogP contribution in [0, 0.1) is 0 Å². The molecule has 3 rings (SSSR count). The van der Waals surface area contributed by atoms with Gasteiger partial charge in [-0.15, -0.1) is 0 Å². The van der Waals surface area contributed by atoms with Crippen LogP contribution in [0.4, 0.5) is 0 Å². The fourth-order valence-electron chi connectivity index (χ4n) is 3.63. The van der Waals surface area contributed by atoms with Gasteiger partial charge >= 0.3 is 5.97 Å². The second-order valence-electron chi connectivity index (χ2n) is 8.34. The van der Waals surface area contributed by atoms with Crippen LogP contribution in [-0.4, -0.2) is 34.3 Å². The van der Waals surface area contributed by atoms with Crippen molar-refractivity contribution in [1.82, 2.24) is 15.1 Å². The lowest BCUT2D eigenvalue weighted by Gasteiger charge is -2.15. The molecule has 0 spiro atoms. The summed E-state index contributed by atoms with van der Waals surface area (Å²) in [5.74, 6) is -0.313. The van der Waals surface area contributed by atoms with E-state index in [0.717, 1.165) is 30.6 Å². The summed E-state index contributed by atoms with van der Waals surface area (Å²) in [6.07, 6.45) is 2.70. The number of hydrogen-bond acceptors (Lipinski definition) is 4. The molecule has 0 aliphatic heterocycles. The Bertz CT molecular complexity index is 1060. The summed E-state index contributed by atoms with van der Waals surface area (Å²) in [5.41, 5.74) is 3.89. The lowest BCUT2D eigenvalue weighted by Crippen LogP contribution is -2.32. The summed E-state index contributed by atoms with van der Waals surface area (Å²) >= 11 is 0. The molecule has 0 saturated heterocycles. The molecule has 33 heavy (non-hydrogen) atoms. The molecule has 1 amide bonds. The molecule has 0 aliphatic rings. The van der Waals surface area contributed by atoms with Crippen LogP contribution in [0.2, 0.25) is 0 Å². The van der Waals surface area contributed by atoms with Crippen LogP contribution in [0.5, 0.6) is 0 Å². The zero-order valence-corrected chi connectivity index (χ0v) is 19.9. The van der Waals surface area contributed by atoms with E-state index in [1.54, 1.807) is 29.8 Å². The van der Waals surface area contributed by atoms with Gasteiger partial charge in [0.25, 0.3) is 5.91 Å². The van der Waals surface area contributed by atoms with Crippen molar-refractivity contribution >= 4 is 11.9 Å². The number of amides is 1. The average molecular weight is 448 g/mol. The Labute approximate surface area is 196 Å². The quantitative estimate of drug-likeness (QED) is 0.427. The highest BCUT2D eigenvalue weighted by Gasteiger charge is 2.20. The van der Waals surface area contributed by atoms with Gasteiger partial charge in [-0.1, -0.05) is 44.2 Å². The Hall–Kier alpha value is -3.41. The maximum atomic E-state index is 12.7. The fourth-order valence-corrected chi connectivity index (χ4v) is 3.63. The van der Waals surface area contributed by atoms with E-state index in [9.17, 15) is 9.59 Å². The standard InChI is InChI=1S/C27H33N3O3/c1-5-19(3)25-18-24(27(32)33-6-2)29-30(25)23-16-14-22(15-17-23)26(31)28-20(4)12-13-21-10-8-7-9-11-21/h7-11,14-20H,5-6,12-13H2,1-4H3,(H,28,31)/t19-,20-/m1/s1. The minimum atomic E-state index is -0.429. The van der Waals surface area contributed by atoms with Gasteiger partial charge in [0.05, 0.1) is 12.3 Å². The third kappa shape index (κ3) is 6.31. The Balaban J connectivity index is 1.70. The van der Waals surface area contributed by atoms with Crippen molar-refractivity contribution in [2.45, 2.75) is 58.9 Å². The molecule has 2 atom stereocenters. The van der Waals surface area contributed by atoms with Gasteiger partial charge in [0.15, 0.2) is 5.69 Å². The van der Waals surface area contributed by atoms with Gasteiger partial charge in [-0.25, -0.2) is 9.48 Å². The molecule has 174 valence electrons. The maximum Gasteiger partial charge on any atom is 0.358 e. The van der Waals surface area contributed by atoms with Crippen LogP contribution in [-0.2, 0) is 11.2 Å². The average Bonchev–Trinajstić information content (AvgIpc) is 3.29. The van der Waals surface area contributed by atoms with E-state index in [0.29, 0.717) is 17.9 Å². The van der Waals surface area contributed by atoms with E-state index >= 15 is 0 Å². The molecule has 1 heterocycles. The second-order valence-corrected chi connectivity index (χ2v) is 8.34. The molecule has 1 N–H and O–H groups in total. The van der Waals surface area contributed by atoms with Crippen LogP contribution >= 0.6 is 0 Å². The van der Waals surface area contributed by atoms with Gasteiger partial charge < -0.3 is 10.1 Å². The maximum absolute atomic E-state index is 12.7. The molecule has 0 fully saturated rings. The predicted octanol–water partition coefficient (Wildman–Crippen LogP) is 5.31. The number of hydrogen-bond donors (Lipinski definition) is 1. The van der Waals surface area contributed by atoms with E-state index in [4.69, 9.17) is 4.74 Å². The minimum absolute atomic E-state index is 0.0626. The monoisotopic (exact) mass is 447 g/mol. The molecule has 0 saturated carbocycles. The van der Waals surface area contributed by atoms with Crippen molar-refractivity contribution in [2.75, 3.05) is 6.61 Å². The van der Waals surface area contributed by atoms with Gasteiger partial charge in [0.2, 0.25) is 0 Å². The smallest absolute Gasteiger partial charge is 0.358 e. The molecular formula is C27H33N3O3. The summed E-state index contributed by atoms with van der Waals surface area (Å²) in [6, 6.07) is 19.4. The van der Waals surface area contributed by atoms with Gasteiger partial charge in [-0.2, -0.15) is 5.10 Å². The van der Waals surface area contributed by atoms with Crippen LogP contribution in [0.15, 0.2) is 60.7 Å². The number of rotatable bonds is 10. The van der Waals surface area contributed by atoms with Gasteiger partial charge in [0, 0.05) is 17.3 Å². The van der Waals surface area contributed by atoms with Crippen LogP contribution < -0.4 is 5.32 Å². The van der Waals surface area contributed by atoms with Gasteiger partial charge in [-0.3, -0.25) is 4.79 Å². The fraction of sp³-hybridized carbons (Fsp3) is 0.370. The number of nitrogens with one attached hydrogen (secondary N) is 1. The largest absolute Gasteiger partial charge is 0.461 e. The minimum Gasteiger partial charge on any atom is -0.461 e. The Morgan fingerprint density at radius 3 is 2.36 bits per heavy atom. The van der Waals surface area contributed by atoms with Crippen molar-refractivity contribution in [3.63, 3.8) is 0 Å². The summed E-state index contributed by atoms with van der Waals surface area (Å²) in [7, 11) is 0. The number of esters is 1. The van der Waals surface area contributed by atoms with E-state index in [1.165, 1.54) is 5.56 Å². The van der Waals surface area contributed by atoms with E-state index < -0.39 is 5.97 Å². The lowest BCUT2D eigenvalue weighted by molar-refractivity contribution is 0.0518. The van der Waals surface area contributed by atoms with Gasteiger partial charge in [0.1, 0.15) is 0 Å². The number of carbonyl (C=O) groups is 2. The zero-order valence-electron chi connectivity index (χ0n) is 19.9. The first-order chi connectivity index (χ1) is 15.9. The van der Waals surface area contributed by atoms with Crippen LogP contribution in [0.25, 0.3) is 5.69 Å². The third-order valence-electron chi connectivity index (χ3n) is 5.80. The van der Waals surface area contributed by atoms with Crippen molar-refractivity contribution in [3.8, 4) is 5.69 Å². The highest BCUT2D eigenvalue weighted by Crippen LogP contribution is 2.24. The zero-order chi connectivity index (χ0) is 23.8. The van der Waals surface area contributed by atoms with Crippen molar-refractivity contribution in [3.05, 3.63) is 83.2 Å². The molecule has 0 aliphatic carbocycles. The first-order valence-corrected chi connectivity index (χ1v) is 11.6. The molecular weight excluding hydrogens is 414 g/mol. The summed E-state index contributed by atoms with van der Waals surface area (Å²) in [4.78, 5) is 24.9. The number of benzene rings is 2. The summed E-state index contributed by atoms with van der Waals surface area (Å²) in [5, 5.41) is 7.56. The number of aromatic nitrogens is 2. The van der Waals surface area contributed by atoms with E-state index in [2.05, 4.69) is 36.4 Å². The highest BCUT2D eigenvalue weighted by molar-refractivity contribution is 5.94. The first kappa shape index (κ1) is 24.2. The van der Waals surface area contributed by atoms with E-state index in [-0.39, 0.29) is 17.9 Å². The molecule has 0 radical (unpaired) electrons. The molecule has 6 nitrogen and oxygen atoms in total. The topological polar surface area (TPSA) is 73.2 Å².